The van der Waals surface area contributed by atoms with Crippen LogP contribution in [0.5, 0.6) is 0 Å². The van der Waals surface area contributed by atoms with Gasteiger partial charge in [-0.05, 0) is 25.6 Å². The lowest BCUT2D eigenvalue weighted by molar-refractivity contribution is 0.320. The summed E-state index contributed by atoms with van der Waals surface area (Å²) in [6.07, 6.45) is 5.04. The predicted octanol–water partition coefficient (Wildman–Crippen LogP) is 2.48. The minimum absolute atomic E-state index is 0.536. The van der Waals surface area contributed by atoms with Crippen LogP contribution >= 0.6 is 12.2 Å². The molecule has 0 aliphatic carbocycles. The van der Waals surface area contributed by atoms with Gasteiger partial charge in [0.15, 0.2) is 0 Å². The summed E-state index contributed by atoms with van der Waals surface area (Å²) in [5, 5.41) is 3.59. The largest absolute Gasteiger partial charge is 0.471 e. The molecule has 3 heteroatoms. The van der Waals surface area contributed by atoms with E-state index >= 15 is 0 Å². The fourth-order valence-corrected chi connectivity index (χ4v) is 1.14. The van der Waals surface area contributed by atoms with Crippen molar-refractivity contribution in [3.8, 4) is 0 Å². The Bertz CT molecular complexity index is 117. The van der Waals surface area contributed by atoms with E-state index < -0.39 is 0 Å². The number of rotatable bonds is 6. The first-order valence-corrected chi connectivity index (χ1v) is 5.12. The maximum atomic E-state index is 5.07. The van der Waals surface area contributed by atoms with E-state index in [1.165, 1.54) is 25.7 Å². The van der Waals surface area contributed by atoms with E-state index in [9.17, 15) is 0 Å². The number of thiocarbonyl (C=S) groups is 1. The molecule has 0 aromatic carbocycles. The summed E-state index contributed by atoms with van der Waals surface area (Å²) in [6.45, 7) is 5.74. The third kappa shape index (κ3) is 7.79. The molecule has 0 aromatic rings. The predicted molar refractivity (Wildman–Crippen MR) is 56.4 cm³/mol. The molecule has 0 spiro atoms. The second kappa shape index (κ2) is 8.78. The molecule has 0 amide bonds. The molecule has 0 aliphatic rings. The molecule has 1 N–H and O–H groups in total. The van der Waals surface area contributed by atoms with Crippen LogP contribution in [0, 0.1) is 0 Å². The molecular formula is C9H19NOS. The Kier molecular flexibility index (Phi) is 8.56. The Morgan fingerprint density at radius 3 is 2.58 bits per heavy atom. The van der Waals surface area contributed by atoms with Gasteiger partial charge in [-0.2, -0.15) is 0 Å². The van der Waals surface area contributed by atoms with E-state index in [1.54, 1.807) is 0 Å². The highest BCUT2D eigenvalue weighted by molar-refractivity contribution is 7.80. The van der Waals surface area contributed by atoms with Gasteiger partial charge < -0.3 is 10.1 Å². The standard InChI is InChI=1S/C9H19NOS/c1-3-5-6-7-8-10-9(12)11-4-2/h3-8H2,1-2H3,(H,10,12). The molecule has 72 valence electrons. The monoisotopic (exact) mass is 189 g/mol. The van der Waals surface area contributed by atoms with E-state index in [0.29, 0.717) is 11.8 Å². The Balaban J connectivity index is 3.03. The fourth-order valence-electron chi connectivity index (χ4n) is 0.924. The molecule has 0 aliphatic heterocycles. The summed E-state index contributed by atoms with van der Waals surface area (Å²) in [7, 11) is 0. The fraction of sp³-hybridized carbons (Fsp3) is 0.889. The van der Waals surface area contributed by atoms with Gasteiger partial charge in [0.25, 0.3) is 5.17 Å². The lowest BCUT2D eigenvalue weighted by Crippen LogP contribution is -2.24. The van der Waals surface area contributed by atoms with Gasteiger partial charge in [0, 0.05) is 6.54 Å². The van der Waals surface area contributed by atoms with Crippen LogP contribution < -0.4 is 5.32 Å². The molecule has 0 rings (SSSR count). The van der Waals surface area contributed by atoms with Crippen LogP contribution in [-0.2, 0) is 4.74 Å². The molecule has 0 aromatic heterocycles. The number of unbranched alkanes of at least 4 members (excludes halogenated alkanes) is 3. The average molecular weight is 189 g/mol. The van der Waals surface area contributed by atoms with Crippen molar-refractivity contribution in [2.24, 2.45) is 0 Å². The highest BCUT2D eigenvalue weighted by atomic mass is 32.1. The molecule has 0 atom stereocenters. The third-order valence-electron chi connectivity index (χ3n) is 1.58. The van der Waals surface area contributed by atoms with Gasteiger partial charge in [0.2, 0.25) is 0 Å². The maximum absolute atomic E-state index is 5.07. The second-order valence-corrected chi connectivity index (χ2v) is 3.08. The van der Waals surface area contributed by atoms with Crippen LogP contribution in [0.4, 0.5) is 0 Å². The van der Waals surface area contributed by atoms with E-state index in [-0.39, 0.29) is 0 Å². The molecule has 0 saturated carbocycles. The minimum atomic E-state index is 0.536. The molecule has 2 nitrogen and oxygen atoms in total. The van der Waals surface area contributed by atoms with E-state index in [4.69, 9.17) is 17.0 Å². The van der Waals surface area contributed by atoms with Gasteiger partial charge in [-0.3, -0.25) is 0 Å². The van der Waals surface area contributed by atoms with Gasteiger partial charge in [-0.1, -0.05) is 26.2 Å². The summed E-state index contributed by atoms with van der Waals surface area (Å²) in [5.74, 6) is 0. The second-order valence-electron chi connectivity index (χ2n) is 2.71. The molecule has 0 fully saturated rings. The summed E-state index contributed by atoms with van der Waals surface area (Å²) in [4.78, 5) is 0. The van der Waals surface area contributed by atoms with Gasteiger partial charge in [0.05, 0.1) is 6.61 Å². The van der Waals surface area contributed by atoms with Gasteiger partial charge in [-0.25, -0.2) is 0 Å². The zero-order valence-electron chi connectivity index (χ0n) is 8.06. The van der Waals surface area contributed by atoms with Crippen molar-refractivity contribution in [3.05, 3.63) is 0 Å². The lowest BCUT2D eigenvalue weighted by atomic mass is 10.2. The first kappa shape index (κ1) is 11.7. The molecule has 0 saturated heterocycles. The molecule has 12 heavy (non-hydrogen) atoms. The third-order valence-corrected chi connectivity index (χ3v) is 1.84. The Morgan fingerprint density at radius 1 is 1.25 bits per heavy atom. The number of hydrogen-bond acceptors (Lipinski definition) is 2. The molecular weight excluding hydrogens is 170 g/mol. The number of nitrogens with one attached hydrogen (secondary N) is 1. The van der Waals surface area contributed by atoms with Crippen LogP contribution in [0.3, 0.4) is 0 Å². The van der Waals surface area contributed by atoms with Crippen molar-refractivity contribution in [2.75, 3.05) is 13.2 Å². The summed E-state index contributed by atoms with van der Waals surface area (Å²) < 4.78 is 5.07. The van der Waals surface area contributed by atoms with E-state index in [1.807, 2.05) is 6.92 Å². The van der Waals surface area contributed by atoms with Crippen molar-refractivity contribution in [1.82, 2.24) is 5.32 Å². The molecule has 0 radical (unpaired) electrons. The number of hydrogen-bond donors (Lipinski definition) is 1. The first-order valence-electron chi connectivity index (χ1n) is 4.71. The van der Waals surface area contributed by atoms with E-state index in [0.717, 1.165) is 6.54 Å². The number of ether oxygens (including phenoxy) is 1. The summed E-state index contributed by atoms with van der Waals surface area (Å²) in [6, 6.07) is 0. The van der Waals surface area contributed by atoms with Crippen LogP contribution in [0.2, 0.25) is 0 Å². The van der Waals surface area contributed by atoms with Crippen molar-refractivity contribution in [2.45, 2.75) is 39.5 Å². The van der Waals surface area contributed by atoms with Gasteiger partial charge >= 0.3 is 0 Å². The minimum Gasteiger partial charge on any atom is -0.471 e. The Hall–Kier alpha value is -0.310. The van der Waals surface area contributed by atoms with Gasteiger partial charge in [-0.15, -0.1) is 0 Å². The van der Waals surface area contributed by atoms with Crippen LogP contribution in [0.15, 0.2) is 0 Å². The molecule has 0 unspecified atom stereocenters. The van der Waals surface area contributed by atoms with E-state index in [2.05, 4.69) is 12.2 Å². The zero-order chi connectivity index (χ0) is 9.23. The molecule has 0 bridgehead atoms. The highest BCUT2D eigenvalue weighted by Crippen LogP contribution is 1.96. The quantitative estimate of drug-likeness (QED) is 0.512. The average Bonchev–Trinajstić information content (AvgIpc) is 2.05. The molecule has 0 heterocycles. The van der Waals surface area contributed by atoms with Crippen LogP contribution in [-0.4, -0.2) is 18.3 Å². The normalized spacial score (nSPS) is 9.50. The SMILES string of the molecule is CCCCCCNC(=S)OCC. The van der Waals surface area contributed by atoms with Crippen molar-refractivity contribution >= 4 is 17.4 Å². The maximum Gasteiger partial charge on any atom is 0.256 e. The topological polar surface area (TPSA) is 21.3 Å². The highest BCUT2D eigenvalue weighted by Gasteiger charge is 1.92. The smallest absolute Gasteiger partial charge is 0.256 e. The Morgan fingerprint density at radius 2 is 2.00 bits per heavy atom. The lowest BCUT2D eigenvalue weighted by Gasteiger charge is -2.06. The van der Waals surface area contributed by atoms with Gasteiger partial charge in [0.1, 0.15) is 0 Å². The summed E-state index contributed by atoms with van der Waals surface area (Å²) in [5.41, 5.74) is 0. The zero-order valence-corrected chi connectivity index (χ0v) is 8.88. The first-order chi connectivity index (χ1) is 5.81. The van der Waals surface area contributed by atoms with Crippen LogP contribution in [0.25, 0.3) is 0 Å². The van der Waals surface area contributed by atoms with Crippen molar-refractivity contribution < 1.29 is 4.74 Å². The summed E-state index contributed by atoms with van der Waals surface area (Å²) >= 11 is 4.90. The Labute approximate surface area is 80.7 Å². The van der Waals surface area contributed by atoms with Crippen molar-refractivity contribution in [1.29, 1.82) is 0 Å². The van der Waals surface area contributed by atoms with Crippen molar-refractivity contribution in [3.63, 3.8) is 0 Å². The van der Waals surface area contributed by atoms with Crippen LogP contribution in [0.1, 0.15) is 39.5 Å².